The first-order valence-corrected chi connectivity index (χ1v) is 6.31. The molecule has 0 aromatic heterocycles. The standard InChI is InChI=1S/C14H15NO4/c16-12(17)14-6-11(14)7-15(9-14)13(18)19-8-10-4-2-1-3-5-10/h1-5,11H,6-9H2,(H,16,17)/t11-,14+/m0/s1. The Labute approximate surface area is 110 Å². The molecule has 0 unspecified atom stereocenters. The maximum atomic E-state index is 11.9. The third-order valence-corrected chi connectivity index (χ3v) is 4.04. The fraction of sp³-hybridized carbons (Fsp3) is 0.429. The Morgan fingerprint density at radius 1 is 1.37 bits per heavy atom. The molecular formula is C14H15NO4. The minimum absolute atomic E-state index is 0.106. The van der Waals surface area contributed by atoms with Gasteiger partial charge in [0.2, 0.25) is 0 Å². The van der Waals surface area contributed by atoms with Gasteiger partial charge in [0.15, 0.2) is 0 Å². The highest BCUT2D eigenvalue weighted by molar-refractivity contribution is 5.81. The van der Waals surface area contributed by atoms with E-state index in [9.17, 15) is 9.59 Å². The van der Waals surface area contributed by atoms with Crippen LogP contribution in [0.1, 0.15) is 12.0 Å². The highest BCUT2D eigenvalue weighted by Gasteiger charge is 2.66. The zero-order valence-electron chi connectivity index (χ0n) is 10.4. The SMILES string of the molecule is O=C(OCc1ccccc1)N1C[C@@H]2C[C@@]2(C(=O)O)C1. The van der Waals surface area contributed by atoms with Crippen molar-refractivity contribution >= 4 is 12.1 Å². The smallest absolute Gasteiger partial charge is 0.410 e. The van der Waals surface area contributed by atoms with Crippen molar-refractivity contribution in [3.05, 3.63) is 35.9 Å². The lowest BCUT2D eigenvalue weighted by Gasteiger charge is -2.19. The first-order chi connectivity index (χ1) is 9.12. The minimum Gasteiger partial charge on any atom is -0.481 e. The van der Waals surface area contributed by atoms with E-state index >= 15 is 0 Å². The second-order valence-corrected chi connectivity index (χ2v) is 5.28. The monoisotopic (exact) mass is 261 g/mol. The van der Waals surface area contributed by atoms with Crippen molar-refractivity contribution in [2.75, 3.05) is 13.1 Å². The molecule has 19 heavy (non-hydrogen) atoms. The summed E-state index contributed by atoms with van der Waals surface area (Å²) in [5.74, 6) is -0.690. The van der Waals surface area contributed by atoms with E-state index in [0.717, 1.165) is 5.56 Å². The number of hydrogen-bond donors (Lipinski definition) is 1. The Hall–Kier alpha value is -2.04. The lowest BCUT2D eigenvalue weighted by molar-refractivity contribution is -0.143. The highest BCUT2D eigenvalue weighted by Crippen LogP contribution is 2.57. The number of carbonyl (C=O) groups excluding carboxylic acids is 1. The zero-order chi connectivity index (χ0) is 13.5. The zero-order valence-corrected chi connectivity index (χ0v) is 10.4. The Morgan fingerprint density at radius 3 is 2.74 bits per heavy atom. The average molecular weight is 261 g/mol. The summed E-state index contributed by atoms with van der Waals surface area (Å²) in [5.41, 5.74) is 0.235. The van der Waals surface area contributed by atoms with Gasteiger partial charge in [0.25, 0.3) is 0 Å². The van der Waals surface area contributed by atoms with E-state index in [1.165, 1.54) is 4.90 Å². The fourth-order valence-corrected chi connectivity index (χ4v) is 2.76. The summed E-state index contributed by atoms with van der Waals surface area (Å²) >= 11 is 0. The molecule has 1 saturated heterocycles. The number of rotatable bonds is 3. The topological polar surface area (TPSA) is 66.8 Å². The molecular weight excluding hydrogens is 246 g/mol. The van der Waals surface area contributed by atoms with Gasteiger partial charge in [-0.2, -0.15) is 0 Å². The molecule has 5 heteroatoms. The fourth-order valence-electron chi connectivity index (χ4n) is 2.76. The van der Waals surface area contributed by atoms with E-state index in [-0.39, 0.29) is 19.1 Å². The van der Waals surface area contributed by atoms with Crippen LogP contribution < -0.4 is 0 Å². The molecule has 1 aliphatic heterocycles. The van der Waals surface area contributed by atoms with Crippen molar-refractivity contribution in [1.29, 1.82) is 0 Å². The molecule has 0 spiro atoms. The molecule has 1 heterocycles. The number of nitrogens with zero attached hydrogens (tertiary/aromatic N) is 1. The summed E-state index contributed by atoms with van der Waals surface area (Å²) in [7, 11) is 0. The van der Waals surface area contributed by atoms with Gasteiger partial charge in [-0.25, -0.2) is 4.79 Å². The van der Waals surface area contributed by atoms with Gasteiger partial charge in [-0.1, -0.05) is 30.3 Å². The molecule has 0 radical (unpaired) electrons. The number of carboxylic acids is 1. The van der Waals surface area contributed by atoms with E-state index in [0.29, 0.717) is 13.0 Å². The van der Waals surface area contributed by atoms with E-state index in [2.05, 4.69) is 0 Å². The second-order valence-electron chi connectivity index (χ2n) is 5.28. The highest BCUT2D eigenvalue weighted by atomic mass is 16.6. The molecule has 1 aromatic rings. The molecule has 1 amide bonds. The number of ether oxygens (including phenoxy) is 1. The number of benzene rings is 1. The Bertz CT molecular complexity index is 515. The van der Waals surface area contributed by atoms with Crippen LogP contribution in [0.25, 0.3) is 0 Å². The molecule has 0 bridgehead atoms. The van der Waals surface area contributed by atoms with Crippen molar-refractivity contribution in [2.45, 2.75) is 13.0 Å². The molecule has 1 saturated carbocycles. The number of carbonyl (C=O) groups is 2. The molecule has 5 nitrogen and oxygen atoms in total. The lowest BCUT2D eigenvalue weighted by atomic mass is 10.1. The summed E-state index contributed by atoms with van der Waals surface area (Å²) < 4.78 is 5.20. The molecule has 2 fully saturated rings. The van der Waals surface area contributed by atoms with Gasteiger partial charge in [0.05, 0.1) is 5.41 Å². The Morgan fingerprint density at radius 2 is 2.11 bits per heavy atom. The van der Waals surface area contributed by atoms with Crippen LogP contribution in [0, 0.1) is 11.3 Å². The second kappa shape index (κ2) is 4.26. The van der Waals surface area contributed by atoms with Crippen LogP contribution in [0.15, 0.2) is 30.3 Å². The molecule has 1 aromatic carbocycles. The number of hydrogen-bond acceptors (Lipinski definition) is 3. The van der Waals surface area contributed by atoms with Gasteiger partial charge in [0.1, 0.15) is 6.61 Å². The van der Waals surface area contributed by atoms with Crippen molar-refractivity contribution in [3.8, 4) is 0 Å². The Kier molecular flexibility index (Phi) is 2.69. The number of aliphatic carboxylic acids is 1. The molecule has 1 aliphatic carbocycles. The van der Waals surface area contributed by atoms with Gasteiger partial charge < -0.3 is 14.7 Å². The minimum atomic E-state index is -0.796. The average Bonchev–Trinajstić information content (AvgIpc) is 3.00. The summed E-state index contributed by atoms with van der Waals surface area (Å²) in [6.07, 6.45) is 0.266. The summed E-state index contributed by atoms with van der Waals surface area (Å²) in [6.45, 7) is 1.00. The number of amides is 1. The predicted octanol–water partition coefficient (Wildman–Crippen LogP) is 1.73. The van der Waals surface area contributed by atoms with Gasteiger partial charge in [-0.15, -0.1) is 0 Å². The van der Waals surface area contributed by atoms with E-state index in [1.807, 2.05) is 30.3 Å². The third-order valence-electron chi connectivity index (χ3n) is 4.04. The summed E-state index contributed by atoms with van der Waals surface area (Å²) in [4.78, 5) is 24.5. The van der Waals surface area contributed by atoms with Gasteiger partial charge in [0, 0.05) is 13.1 Å². The maximum Gasteiger partial charge on any atom is 0.410 e. The molecule has 1 N–H and O–H groups in total. The number of likely N-dealkylation sites (tertiary alicyclic amines) is 1. The molecule has 3 rings (SSSR count). The predicted molar refractivity (Wildman–Crippen MR) is 66.4 cm³/mol. The first-order valence-electron chi connectivity index (χ1n) is 6.31. The lowest BCUT2D eigenvalue weighted by Crippen LogP contribution is -2.34. The first kappa shape index (κ1) is 12.0. The molecule has 100 valence electrons. The normalized spacial score (nSPS) is 27.8. The van der Waals surface area contributed by atoms with E-state index in [1.54, 1.807) is 0 Å². The van der Waals surface area contributed by atoms with Crippen molar-refractivity contribution < 1.29 is 19.4 Å². The van der Waals surface area contributed by atoms with Crippen LogP contribution >= 0.6 is 0 Å². The van der Waals surface area contributed by atoms with Crippen molar-refractivity contribution in [2.24, 2.45) is 11.3 Å². The van der Waals surface area contributed by atoms with Gasteiger partial charge >= 0.3 is 12.1 Å². The van der Waals surface area contributed by atoms with Crippen LogP contribution in [-0.2, 0) is 16.1 Å². The number of fused-ring (bicyclic) bond motifs is 1. The maximum absolute atomic E-state index is 11.9. The van der Waals surface area contributed by atoms with E-state index in [4.69, 9.17) is 9.84 Å². The quantitative estimate of drug-likeness (QED) is 0.899. The Balaban J connectivity index is 1.54. The van der Waals surface area contributed by atoms with Crippen LogP contribution in [0.2, 0.25) is 0 Å². The van der Waals surface area contributed by atoms with Crippen molar-refractivity contribution in [1.82, 2.24) is 4.90 Å². The van der Waals surface area contributed by atoms with E-state index < -0.39 is 17.5 Å². The summed E-state index contributed by atoms with van der Waals surface area (Å²) in [6, 6.07) is 9.43. The van der Waals surface area contributed by atoms with Crippen LogP contribution in [0.5, 0.6) is 0 Å². The van der Waals surface area contributed by atoms with Crippen molar-refractivity contribution in [3.63, 3.8) is 0 Å². The number of piperidine rings is 1. The van der Waals surface area contributed by atoms with Crippen LogP contribution in [-0.4, -0.2) is 35.2 Å². The molecule has 2 aliphatic rings. The summed E-state index contributed by atoms with van der Waals surface area (Å²) in [5, 5.41) is 9.14. The van der Waals surface area contributed by atoms with Crippen LogP contribution in [0.4, 0.5) is 4.79 Å². The number of carboxylic acid groups (broad SMARTS) is 1. The third kappa shape index (κ3) is 2.05. The van der Waals surface area contributed by atoms with Crippen LogP contribution in [0.3, 0.4) is 0 Å². The van der Waals surface area contributed by atoms with Gasteiger partial charge in [-0.3, -0.25) is 4.79 Å². The molecule has 2 atom stereocenters. The largest absolute Gasteiger partial charge is 0.481 e. The van der Waals surface area contributed by atoms with Gasteiger partial charge in [-0.05, 0) is 17.9 Å².